The van der Waals surface area contributed by atoms with Crippen LogP contribution in [0.4, 0.5) is 34.1 Å². The van der Waals surface area contributed by atoms with Crippen molar-refractivity contribution in [2.75, 3.05) is 9.80 Å². The summed E-state index contributed by atoms with van der Waals surface area (Å²) in [6, 6.07) is 48.8. The molecule has 462 valence electrons. The fourth-order valence-corrected chi connectivity index (χ4v) is 19.5. The summed E-state index contributed by atoms with van der Waals surface area (Å²) in [7, 11) is 0. The Bertz CT molecular complexity index is 3090. The van der Waals surface area contributed by atoms with Gasteiger partial charge in [-0.3, -0.25) is 0 Å². The molecule has 0 heterocycles. The Morgan fingerprint density at radius 3 is 0.580 bits per heavy atom. The van der Waals surface area contributed by atoms with Crippen LogP contribution in [0.25, 0.3) is 21.5 Å². The summed E-state index contributed by atoms with van der Waals surface area (Å²) >= 11 is 0. The molecule has 0 bridgehead atoms. The van der Waals surface area contributed by atoms with E-state index >= 15 is 0 Å². The zero-order valence-electron chi connectivity index (χ0n) is 55.5. The van der Waals surface area contributed by atoms with Crippen LogP contribution in [-0.2, 0) is 10.8 Å². The van der Waals surface area contributed by atoms with Crippen molar-refractivity contribution in [1.29, 1.82) is 0 Å². The number of nitrogens with zero attached hydrogens (tertiary/aromatic N) is 2. The van der Waals surface area contributed by atoms with Gasteiger partial charge in [0.15, 0.2) is 0 Å². The van der Waals surface area contributed by atoms with E-state index in [0.717, 1.165) is 0 Å². The smallest absolute Gasteiger partial charge is 0.0620 e. The van der Waals surface area contributed by atoms with E-state index in [2.05, 4.69) is 161 Å². The molecule has 0 saturated heterocycles. The lowest BCUT2D eigenvalue weighted by Gasteiger charge is -2.36. The van der Waals surface area contributed by atoms with Crippen LogP contribution in [0.2, 0.25) is 0 Å². The summed E-state index contributed by atoms with van der Waals surface area (Å²) in [6.07, 6.45) is 42.6. The predicted octanol–water partition coefficient (Wildman–Crippen LogP) is 26.8. The zero-order chi connectivity index (χ0) is 59.7. The van der Waals surface area contributed by atoms with Gasteiger partial charge in [-0.15, -0.1) is 0 Å². The topological polar surface area (TPSA) is 6.48 Å². The number of hydrogen-bond acceptors (Lipinski definition) is 2. The third-order valence-electron chi connectivity index (χ3n) is 24.7. The van der Waals surface area contributed by atoms with Gasteiger partial charge < -0.3 is 9.80 Å². The lowest BCUT2D eigenvalue weighted by atomic mass is 9.82. The molecule has 8 aliphatic carbocycles. The first-order valence-electron chi connectivity index (χ1n) is 37.1. The Balaban J connectivity index is 1.09. The standard InChI is InChI=1S/C86H108N2/c1-85(2,3)73-39-41-79-81(55-73)83(87(75-47-65(57-23-7-8-24-57)43-66(48-75)58-25-9-10-26-58)76-49-67(59-27-11-12-28-59)44-68(50-76)60-29-13-14-30-60)80-42-40-74(86(4,5)6)56-82(80)84(79)88(77-51-69(61-31-15-16-32-61)45-70(52-77)62-33-17-18-34-62)78-53-71(63-35-19-20-36-63)46-72(54-78)64-37-21-22-38-64/h39-64H,7-38H2,1-6H3. The van der Waals surface area contributed by atoms with E-state index in [1.165, 1.54) is 272 Å². The number of benzene rings is 7. The van der Waals surface area contributed by atoms with Crippen molar-refractivity contribution in [1.82, 2.24) is 0 Å². The molecule has 8 aliphatic rings. The Morgan fingerprint density at radius 1 is 0.227 bits per heavy atom. The second-order valence-electron chi connectivity index (χ2n) is 32.7. The first kappa shape index (κ1) is 59.0. The van der Waals surface area contributed by atoms with Gasteiger partial charge in [-0.2, -0.15) is 0 Å². The maximum Gasteiger partial charge on any atom is 0.0620 e. The fourth-order valence-electron chi connectivity index (χ4n) is 19.5. The molecule has 7 aromatic rings. The number of rotatable bonds is 14. The quantitative estimate of drug-likeness (QED) is 0.0791. The van der Waals surface area contributed by atoms with Crippen LogP contribution in [0.15, 0.2) is 109 Å². The van der Waals surface area contributed by atoms with Gasteiger partial charge >= 0.3 is 0 Å². The highest BCUT2D eigenvalue weighted by Gasteiger charge is 2.35. The van der Waals surface area contributed by atoms with E-state index in [0.29, 0.717) is 47.3 Å². The third kappa shape index (κ3) is 11.8. The second kappa shape index (κ2) is 24.7. The number of anilines is 6. The molecule has 0 amide bonds. The maximum absolute atomic E-state index is 2.94. The number of hydrogen-bond donors (Lipinski definition) is 0. The van der Waals surface area contributed by atoms with Crippen molar-refractivity contribution in [3.63, 3.8) is 0 Å². The molecule has 0 N–H and O–H groups in total. The van der Waals surface area contributed by atoms with E-state index in [1.54, 1.807) is 44.5 Å². The zero-order valence-corrected chi connectivity index (χ0v) is 55.5. The molecule has 0 aliphatic heterocycles. The van der Waals surface area contributed by atoms with Gasteiger partial charge in [-0.05, 0) is 277 Å². The minimum absolute atomic E-state index is 0.0607. The van der Waals surface area contributed by atoms with Crippen molar-refractivity contribution in [3.05, 3.63) is 165 Å². The molecule has 8 fully saturated rings. The summed E-state index contributed by atoms with van der Waals surface area (Å²) < 4.78 is 0. The summed E-state index contributed by atoms with van der Waals surface area (Å²) in [5, 5.41) is 5.58. The maximum atomic E-state index is 2.94. The van der Waals surface area contributed by atoms with Crippen molar-refractivity contribution in [2.45, 2.75) is 305 Å². The molecule has 2 heteroatoms. The average molecular weight is 1170 g/mol. The highest BCUT2D eigenvalue weighted by Crippen LogP contribution is 2.57. The van der Waals surface area contributed by atoms with E-state index in [4.69, 9.17) is 0 Å². The largest absolute Gasteiger partial charge is 0.309 e. The van der Waals surface area contributed by atoms with Crippen molar-refractivity contribution < 1.29 is 0 Å². The summed E-state index contributed by atoms with van der Waals surface area (Å²) in [5.41, 5.74) is 23.9. The lowest BCUT2D eigenvalue weighted by Crippen LogP contribution is -2.18. The molecule has 8 saturated carbocycles. The van der Waals surface area contributed by atoms with Crippen LogP contribution >= 0.6 is 0 Å². The molecule has 0 atom stereocenters. The van der Waals surface area contributed by atoms with Gasteiger partial charge in [0.05, 0.1) is 11.4 Å². The molecule has 7 aromatic carbocycles. The van der Waals surface area contributed by atoms with Crippen LogP contribution in [0, 0.1) is 0 Å². The monoisotopic (exact) mass is 1170 g/mol. The summed E-state index contributed by atoms with van der Waals surface area (Å²) in [6.45, 7) is 14.8. The first-order chi connectivity index (χ1) is 42.8. The Hall–Kier alpha value is -5.34. The van der Waals surface area contributed by atoms with Crippen LogP contribution in [-0.4, -0.2) is 0 Å². The Kier molecular flexibility index (Phi) is 16.6. The highest BCUT2D eigenvalue weighted by atomic mass is 15.2. The minimum atomic E-state index is -0.0607. The van der Waals surface area contributed by atoms with Gasteiger partial charge in [-0.25, -0.2) is 0 Å². The molecule has 0 aromatic heterocycles. The molecular formula is C86H108N2. The van der Waals surface area contributed by atoms with Crippen molar-refractivity contribution in [2.24, 2.45) is 0 Å². The molecule has 2 nitrogen and oxygen atoms in total. The van der Waals surface area contributed by atoms with Crippen molar-refractivity contribution in [3.8, 4) is 0 Å². The molecule has 0 radical (unpaired) electrons. The normalized spacial score (nSPS) is 21.1. The van der Waals surface area contributed by atoms with Crippen LogP contribution < -0.4 is 9.80 Å². The van der Waals surface area contributed by atoms with Gasteiger partial charge in [-0.1, -0.05) is 193 Å². The van der Waals surface area contributed by atoms with Crippen molar-refractivity contribution >= 4 is 55.7 Å². The van der Waals surface area contributed by atoms with Gasteiger partial charge in [0.2, 0.25) is 0 Å². The first-order valence-corrected chi connectivity index (χ1v) is 37.1. The fraction of sp³-hybridized carbons (Fsp3) is 0.558. The van der Waals surface area contributed by atoms with Crippen LogP contribution in [0.1, 0.15) is 350 Å². The van der Waals surface area contributed by atoms with Gasteiger partial charge in [0, 0.05) is 44.3 Å². The lowest BCUT2D eigenvalue weighted by molar-refractivity contribution is 0.590. The molecular weight excluding hydrogens is 1060 g/mol. The van der Waals surface area contributed by atoms with Crippen LogP contribution in [0.3, 0.4) is 0 Å². The molecule has 15 rings (SSSR count). The van der Waals surface area contributed by atoms with Gasteiger partial charge in [0.1, 0.15) is 0 Å². The third-order valence-corrected chi connectivity index (χ3v) is 24.7. The number of fused-ring (bicyclic) bond motifs is 2. The van der Waals surface area contributed by atoms with E-state index in [-0.39, 0.29) is 10.8 Å². The Morgan fingerprint density at radius 2 is 0.409 bits per heavy atom. The highest BCUT2D eigenvalue weighted by molar-refractivity contribution is 6.23. The summed E-state index contributed by atoms with van der Waals surface area (Å²) in [4.78, 5) is 5.88. The second-order valence-corrected chi connectivity index (χ2v) is 32.7. The van der Waals surface area contributed by atoms with E-state index in [1.807, 2.05) is 0 Å². The molecule has 88 heavy (non-hydrogen) atoms. The molecule has 0 unspecified atom stereocenters. The van der Waals surface area contributed by atoms with E-state index < -0.39 is 0 Å². The van der Waals surface area contributed by atoms with E-state index in [9.17, 15) is 0 Å². The minimum Gasteiger partial charge on any atom is -0.309 e. The predicted molar refractivity (Wildman–Crippen MR) is 378 cm³/mol. The Labute approximate surface area is 532 Å². The molecule has 0 spiro atoms. The van der Waals surface area contributed by atoms with Gasteiger partial charge in [0.25, 0.3) is 0 Å². The SMILES string of the molecule is CC(C)(C)c1ccc2c(N(c3cc(C4CCCC4)cc(C4CCCC4)c3)c3cc(C4CCCC4)cc(C4CCCC4)c3)c3cc(C(C)(C)C)ccc3c(N(c3cc(C4CCCC4)cc(C4CCCC4)c3)c3cc(C4CCCC4)cc(C4CCCC4)c3)c2c1. The average Bonchev–Trinajstić information content (AvgIpc) is 1.04. The van der Waals surface area contributed by atoms with Crippen LogP contribution in [0.5, 0.6) is 0 Å². The summed E-state index contributed by atoms with van der Waals surface area (Å²) in [5.74, 6) is 4.97.